The first kappa shape index (κ1) is 17.6. The van der Waals surface area contributed by atoms with Gasteiger partial charge >= 0.3 is 0 Å². The van der Waals surface area contributed by atoms with Gasteiger partial charge in [0.15, 0.2) is 0 Å². The summed E-state index contributed by atoms with van der Waals surface area (Å²) in [6.45, 7) is 4.23. The van der Waals surface area contributed by atoms with Crippen LogP contribution in [-0.2, 0) is 17.3 Å². The lowest BCUT2D eigenvalue weighted by molar-refractivity contribution is 0.428. The molecule has 126 valence electrons. The van der Waals surface area contributed by atoms with E-state index in [0.717, 1.165) is 0 Å². The first-order chi connectivity index (χ1) is 10.9. The Labute approximate surface area is 136 Å². The highest BCUT2D eigenvalue weighted by Gasteiger charge is 2.27. The van der Waals surface area contributed by atoms with Gasteiger partial charge in [-0.15, -0.1) is 0 Å². The molecule has 1 aromatic heterocycles. The van der Waals surface area contributed by atoms with E-state index in [1.165, 1.54) is 16.4 Å². The molecule has 0 radical (unpaired) electrons. The fourth-order valence-electron chi connectivity index (χ4n) is 2.40. The summed E-state index contributed by atoms with van der Waals surface area (Å²) in [6, 6.07) is 5.08. The molecular weight excluding hydrogens is 319 g/mol. The van der Waals surface area contributed by atoms with Crippen molar-refractivity contribution in [3.05, 3.63) is 53.9 Å². The topological polar surface area (TPSA) is 67.2 Å². The molecule has 1 heterocycles. The molecule has 0 aliphatic carbocycles. The van der Waals surface area contributed by atoms with E-state index in [-0.39, 0.29) is 0 Å². The lowest BCUT2D eigenvalue weighted by Gasteiger charge is -2.24. The summed E-state index contributed by atoms with van der Waals surface area (Å²) >= 11 is 0. The Hall–Kier alpha value is -1.77. The second kappa shape index (κ2) is 7.20. The van der Waals surface area contributed by atoms with Gasteiger partial charge in [-0.25, -0.2) is 9.37 Å². The van der Waals surface area contributed by atoms with Crippen molar-refractivity contribution in [2.45, 2.75) is 19.9 Å². The predicted molar refractivity (Wildman–Crippen MR) is 86.4 cm³/mol. The zero-order valence-electron chi connectivity index (χ0n) is 13.4. The zero-order chi connectivity index (χ0) is 17.0. The van der Waals surface area contributed by atoms with Crippen molar-refractivity contribution in [2.75, 3.05) is 13.1 Å². The SMILES string of the molecule is CCN(CC)S(=O)(=O)NC(c1cccc(F)c1)c1nccn1C. The Kier molecular flexibility index (Phi) is 5.51. The molecule has 1 aromatic carbocycles. The molecule has 0 bridgehead atoms. The van der Waals surface area contributed by atoms with Crippen molar-refractivity contribution in [2.24, 2.45) is 7.05 Å². The number of hydrogen-bond donors (Lipinski definition) is 1. The van der Waals surface area contributed by atoms with E-state index in [2.05, 4.69) is 9.71 Å². The van der Waals surface area contributed by atoms with E-state index in [9.17, 15) is 12.8 Å². The van der Waals surface area contributed by atoms with Gasteiger partial charge < -0.3 is 4.57 Å². The molecule has 6 nitrogen and oxygen atoms in total. The fourth-order valence-corrected chi connectivity index (χ4v) is 3.77. The zero-order valence-corrected chi connectivity index (χ0v) is 14.2. The van der Waals surface area contributed by atoms with Gasteiger partial charge in [0, 0.05) is 32.5 Å². The summed E-state index contributed by atoms with van der Waals surface area (Å²) in [5, 5.41) is 0. The lowest BCUT2D eigenvalue weighted by Crippen LogP contribution is -2.43. The van der Waals surface area contributed by atoms with Gasteiger partial charge in [0.05, 0.1) is 0 Å². The first-order valence-corrected chi connectivity index (χ1v) is 8.83. The molecule has 1 atom stereocenters. The van der Waals surface area contributed by atoms with Crippen LogP contribution in [0, 0.1) is 5.82 Å². The van der Waals surface area contributed by atoms with E-state index in [4.69, 9.17) is 0 Å². The number of hydrogen-bond acceptors (Lipinski definition) is 3. The third-order valence-electron chi connectivity index (χ3n) is 3.61. The highest BCUT2D eigenvalue weighted by atomic mass is 32.2. The largest absolute Gasteiger partial charge is 0.336 e. The molecule has 1 N–H and O–H groups in total. The van der Waals surface area contributed by atoms with Gasteiger partial charge in [0.2, 0.25) is 0 Å². The Bertz CT molecular complexity index is 756. The van der Waals surface area contributed by atoms with E-state index in [1.54, 1.807) is 50.0 Å². The predicted octanol–water partition coefficient (Wildman–Crippen LogP) is 1.82. The molecule has 0 aliphatic rings. The van der Waals surface area contributed by atoms with Crippen LogP contribution >= 0.6 is 0 Å². The minimum absolute atomic E-state index is 0.349. The summed E-state index contributed by atoms with van der Waals surface area (Å²) in [6.07, 6.45) is 3.29. The van der Waals surface area contributed by atoms with Gasteiger partial charge in [-0.2, -0.15) is 17.4 Å². The van der Waals surface area contributed by atoms with Crippen LogP contribution in [-0.4, -0.2) is 35.4 Å². The van der Waals surface area contributed by atoms with E-state index >= 15 is 0 Å². The molecule has 2 rings (SSSR count). The van der Waals surface area contributed by atoms with Crippen molar-refractivity contribution in [1.29, 1.82) is 0 Å². The number of imidazole rings is 1. The molecular formula is C15H21FN4O2S. The molecule has 8 heteroatoms. The smallest absolute Gasteiger partial charge is 0.280 e. The Morgan fingerprint density at radius 3 is 2.57 bits per heavy atom. The fraction of sp³-hybridized carbons (Fsp3) is 0.400. The van der Waals surface area contributed by atoms with E-state index < -0.39 is 22.1 Å². The van der Waals surface area contributed by atoms with E-state index in [1.807, 2.05) is 0 Å². The van der Waals surface area contributed by atoms with E-state index in [0.29, 0.717) is 24.5 Å². The molecule has 0 spiro atoms. The first-order valence-electron chi connectivity index (χ1n) is 7.39. The average Bonchev–Trinajstić information content (AvgIpc) is 2.92. The van der Waals surface area contributed by atoms with Gasteiger partial charge in [-0.3, -0.25) is 0 Å². The highest BCUT2D eigenvalue weighted by Crippen LogP contribution is 2.22. The maximum Gasteiger partial charge on any atom is 0.280 e. The molecule has 1 unspecified atom stereocenters. The maximum absolute atomic E-state index is 13.6. The third-order valence-corrected chi connectivity index (χ3v) is 5.34. The average molecular weight is 340 g/mol. The van der Waals surface area contributed by atoms with Gasteiger partial charge in [0.25, 0.3) is 10.2 Å². The van der Waals surface area contributed by atoms with Gasteiger partial charge in [-0.1, -0.05) is 26.0 Å². The number of rotatable bonds is 7. The van der Waals surface area contributed by atoms with Gasteiger partial charge in [0.1, 0.15) is 17.7 Å². The van der Waals surface area contributed by atoms with Crippen LogP contribution in [0.4, 0.5) is 4.39 Å². The number of nitrogens with one attached hydrogen (secondary N) is 1. The van der Waals surface area contributed by atoms with Crippen molar-refractivity contribution in [1.82, 2.24) is 18.6 Å². The molecule has 23 heavy (non-hydrogen) atoms. The monoisotopic (exact) mass is 340 g/mol. The van der Waals surface area contributed by atoms with Crippen LogP contribution in [0.3, 0.4) is 0 Å². The minimum atomic E-state index is -3.72. The Morgan fingerprint density at radius 1 is 1.35 bits per heavy atom. The van der Waals surface area contributed by atoms with Crippen LogP contribution < -0.4 is 4.72 Å². The standard InChI is InChI=1S/C15H21FN4O2S/c1-4-20(5-2)23(21,22)18-14(15-17-9-10-19(15)3)12-7-6-8-13(16)11-12/h6-11,14,18H,4-5H2,1-3H3. The van der Waals surface area contributed by atoms with Crippen molar-refractivity contribution >= 4 is 10.2 Å². The number of benzene rings is 1. The summed E-state index contributed by atoms with van der Waals surface area (Å²) in [5.41, 5.74) is 0.495. The quantitative estimate of drug-likeness (QED) is 0.836. The molecule has 0 fully saturated rings. The van der Waals surface area contributed by atoms with Crippen LogP contribution in [0.5, 0.6) is 0 Å². The summed E-state index contributed by atoms with van der Waals surface area (Å²) in [7, 11) is -1.95. The van der Waals surface area contributed by atoms with Crippen LogP contribution in [0.25, 0.3) is 0 Å². The number of aryl methyl sites for hydroxylation is 1. The summed E-state index contributed by atoms with van der Waals surface area (Å²) in [4.78, 5) is 4.21. The summed E-state index contributed by atoms with van der Waals surface area (Å²) in [5.74, 6) is 0.0649. The van der Waals surface area contributed by atoms with Gasteiger partial charge in [-0.05, 0) is 17.7 Å². The number of halogens is 1. The number of nitrogens with zero attached hydrogens (tertiary/aromatic N) is 3. The third kappa shape index (κ3) is 3.95. The second-order valence-electron chi connectivity index (χ2n) is 5.09. The number of aromatic nitrogens is 2. The maximum atomic E-state index is 13.6. The lowest BCUT2D eigenvalue weighted by atomic mass is 10.1. The van der Waals surface area contributed by atoms with Crippen LogP contribution in [0.15, 0.2) is 36.7 Å². The van der Waals surface area contributed by atoms with Crippen molar-refractivity contribution in [3.8, 4) is 0 Å². The minimum Gasteiger partial charge on any atom is -0.336 e. The highest BCUT2D eigenvalue weighted by molar-refractivity contribution is 7.87. The summed E-state index contributed by atoms with van der Waals surface area (Å²) < 4.78 is 44.3. The normalized spacial score (nSPS) is 13.4. The Balaban J connectivity index is 2.45. The second-order valence-corrected chi connectivity index (χ2v) is 6.79. The Morgan fingerprint density at radius 2 is 2.04 bits per heavy atom. The molecule has 0 saturated heterocycles. The molecule has 0 saturated carbocycles. The van der Waals surface area contributed by atoms with Crippen molar-refractivity contribution < 1.29 is 12.8 Å². The van der Waals surface area contributed by atoms with Crippen LogP contribution in [0.2, 0.25) is 0 Å². The molecule has 0 amide bonds. The van der Waals surface area contributed by atoms with Crippen LogP contribution in [0.1, 0.15) is 31.3 Å². The van der Waals surface area contributed by atoms with Crippen molar-refractivity contribution in [3.63, 3.8) is 0 Å². The molecule has 0 aliphatic heterocycles. The molecule has 2 aromatic rings.